The van der Waals surface area contributed by atoms with E-state index < -0.39 is 36.2 Å². The lowest BCUT2D eigenvalue weighted by atomic mass is 9.96. The van der Waals surface area contributed by atoms with Crippen LogP contribution in [0, 0.1) is 17.2 Å². The summed E-state index contributed by atoms with van der Waals surface area (Å²) in [5.41, 5.74) is 5.01. The number of carbonyl (C=O) groups excluding carboxylic acids is 2. The Bertz CT molecular complexity index is 977. The number of piperidine rings is 1. The first kappa shape index (κ1) is 26.1. The number of hydrogen-bond acceptors (Lipinski definition) is 8. The van der Waals surface area contributed by atoms with E-state index >= 15 is 0 Å². The minimum Gasteiger partial charge on any atom is -0.367 e. The van der Waals surface area contributed by atoms with Crippen LogP contribution in [0.15, 0.2) is 18.3 Å². The van der Waals surface area contributed by atoms with Gasteiger partial charge in [-0.05, 0) is 31.9 Å². The molecule has 196 valence electrons. The van der Waals surface area contributed by atoms with Crippen LogP contribution >= 0.6 is 0 Å². The van der Waals surface area contributed by atoms with E-state index in [1.807, 2.05) is 16.4 Å². The van der Waals surface area contributed by atoms with Crippen LogP contribution in [-0.2, 0) is 14.3 Å². The SMILES string of the molecule is C[C@@H](CO[C@H]1CCN(C2CCN(c3ccc(C#N)cn3)CC2)C1=O)NC1CNNC(=O)C1C(F)(F)F. The monoisotopic (exact) mass is 509 g/mol. The fraction of sp³-hybridized carbons (Fsp3) is 0.652. The molecule has 36 heavy (non-hydrogen) atoms. The Hall–Kier alpha value is -2.95. The molecule has 10 nitrogen and oxygen atoms in total. The van der Waals surface area contributed by atoms with Crippen LogP contribution in [0.25, 0.3) is 0 Å². The molecule has 4 heterocycles. The molecule has 13 heteroatoms. The number of rotatable bonds is 7. The Morgan fingerprint density at radius 2 is 2.00 bits per heavy atom. The fourth-order valence-corrected chi connectivity index (χ4v) is 5.07. The maximum Gasteiger partial charge on any atom is 0.402 e. The third-order valence-corrected chi connectivity index (χ3v) is 6.91. The third kappa shape index (κ3) is 5.88. The van der Waals surface area contributed by atoms with Gasteiger partial charge in [0.25, 0.3) is 5.91 Å². The van der Waals surface area contributed by atoms with Gasteiger partial charge in [0.15, 0.2) is 5.92 Å². The number of anilines is 1. The summed E-state index contributed by atoms with van der Waals surface area (Å²) in [5.74, 6) is -2.57. The highest BCUT2D eigenvalue weighted by Gasteiger charge is 2.51. The summed E-state index contributed by atoms with van der Waals surface area (Å²) in [4.78, 5) is 33.0. The number of amides is 2. The number of carbonyl (C=O) groups is 2. The topological polar surface area (TPSA) is 123 Å². The summed E-state index contributed by atoms with van der Waals surface area (Å²) < 4.78 is 45.8. The average molecular weight is 510 g/mol. The van der Waals surface area contributed by atoms with Gasteiger partial charge in [0.05, 0.1) is 12.2 Å². The highest BCUT2D eigenvalue weighted by atomic mass is 19.4. The molecule has 4 rings (SSSR count). The summed E-state index contributed by atoms with van der Waals surface area (Å²) >= 11 is 0. The van der Waals surface area contributed by atoms with E-state index in [4.69, 9.17) is 10.00 Å². The van der Waals surface area contributed by atoms with Crippen molar-refractivity contribution in [3.63, 3.8) is 0 Å². The molecule has 3 fully saturated rings. The first-order valence-corrected chi connectivity index (χ1v) is 12.1. The number of halogens is 3. The van der Waals surface area contributed by atoms with Gasteiger partial charge in [-0.2, -0.15) is 18.4 Å². The van der Waals surface area contributed by atoms with Crippen LogP contribution in [0.3, 0.4) is 0 Å². The summed E-state index contributed by atoms with van der Waals surface area (Å²) in [6.07, 6.45) is -1.65. The molecule has 0 bridgehead atoms. The Labute approximate surface area is 207 Å². The predicted molar refractivity (Wildman–Crippen MR) is 122 cm³/mol. The number of ether oxygens (including phenoxy) is 1. The maximum atomic E-state index is 13.3. The van der Waals surface area contributed by atoms with Crippen LogP contribution in [0.4, 0.5) is 19.0 Å². The molecule has 2 amide bonds. The molecule has 0 aromatic carbocycles. The number of nitrogens with one attached hydrogen (secondary N) is 3. The van der Waals surface area contributed by atoms with Crippen LogP contribution in [0.5, 0.6) is 0 Å². The van der Waals surface area contributed by atoms with Crippen molar-refractivity contribution in [1.82, 2.24) is 26.1 Å². The quantitative estimate of drug-likeness (QED) is 0.491. The van der Waals surface area contributed by atoms with Gasteiger partial charge in [0.1, 0.15) is 18.0 Å². The Balaban J connectivity index is 1.23. The van der Waals surface area contributed by atoms with Gasteiger partial charge < -0.3 is 19.9 Å². The number of aromatic nitrogens is 1. The highest BCUT2D eigenvalue weighted by Crippen LogP contribution is 2.30. The van der Waals surface area contributed by atoms with Crippen molar-refractivity contribution in [3.05, 3.63) is 23.9 Å². The van der Waals surface area contributed by atoms with Crippen LogP contribution < -0.4 is 21.1 Å². The third-order valence-electron chi connectivity index (χ3n) is 6.91. The van der Waals surface area contributed by atoms with E-state index in [1.54, 1.807) is 19.2 Å². The van der Waals surface area contributed by atoms with Crippen molar-refractivity contribution < 1.29 is 27.5 Å². The van der Waals surface area contributed by atoms with Crippen LogP contribution in [0.2, 0.25) is 0 Å². The molecular weight excluding hydrogens is 479 g/mol. The van der Waals surface area contributed by atoms with Gasteiger partial charge >= 0.3 is 6.18 Å². The molecular formula is C23H30F3N7O3. The van der Waals surface area contributed by atoms with E-state index in [2.05, 4.69) is 26.7 Å². The van der Waals surface area contributed by atoms with Gasteiger partial charge in [-0.3, -0.25) is 15.0 Å². The predicted octanol–water partition coefficient (Wildman–Crippen LogP) is 0.699. The lowest BCUT2D eigenvalue weighted by Crippen LogP contribution is -2.65. The largest absolute Gasteiger partial charge is 0.402 e. The second-order valence-electron chi connectivity index (χ2n) is 9.44. The average Bonchev–Trinajstić information content (AvgIpc) is 3.22. The number of alkyl halides is 3. The number of hydrazine groups is 1. The lowest BCUT2D eigenvalue weighted by molar-refractivity contribution is -0.193. The summed E-state index contributed by atoms with van der Waals surface area (Å²) in [5, 5.41) is 11.7. The number of likely N-dealkylation sites (tertiary alicyclic amines) is 1. The maximum absolute atomic E-state index is 13.3. The molecule has 0 aliphatic carbocycles. The van der Waals surface area contributed by atoms with Gasteiger partial charge in [-0.25, -0.2) is 10.4 Å². The molecule has 0 saturated carbocycles. The fourth-order valence-electron chi connectivity index (χ4n) is 5.07. The smallest absolute Gasteiger partial charge is 0.367 e. The number of nitrogens with zero attached hydrogens (tertiary/aromatic N) is 4. The Morgan fingerprint density at radius 1 is 1.25 bits per heavy atom. The van der Waals surface area contributed by atoms with Crippen molar-refractivity contribution in [2.75, 3.05) is 37.7 Å². The van der Waals surface area contributed by atoms with E-state index in [0.717, 1.165) is 31.7 Å². The zero-order chi connectivity index (χ0) is 25.9. The van der Waals surface area contributed by atoms with Crippen molar-refractivity contribution in [3.8, 4) is 6.07 Å². The minimum absolute atomic E-state index is 0.0513. The molecule has 3 N–H and O–H groups in total. The molecule has 0 spiro atoms. The van der Waals surface area contributed by atoms with Gasteiger partial charge in [0.2, 0.25) is 5.91 Å². The van der Waals surface area contributed by atoms with Gasteiger partial charge in [-0.15, -0.1) is 0 Å². The van der Waals surface area contributed by atoms with E-state index in [9.17, 15) is 22.8 Å². The molecule has 4 atom stereocenters. The number of nitriles is 1. The highest BCUT2D eigenvalue weighted by molar-refractivity contribution is 5.83. The van der Waals surface area contributed by atoms with Gasteiger partial charge in [-0.1, -0.05) is 0 Å². The summed E-state index contributed by atoms with van der Waals surface area (Å²) in [6.45, 7) is 3.70. The number of pyridine rings is 1. The standard InChI is InChI=1S/C23H30F3N7O3/c1-14(30-17-12-29-31-21(34)20(17)23(24,25)26)13-36-18-6-9-33(22(18)35)16-4-7-32(8-5-16)19-3-2-15(10-27)11-28-19/h2-3,11,14,16-18,20,29-30H,4-9,12-13H2,1H3,(H,31,34)/t14-,17?,18-,20?/m0/s1. The van der Waals surface area contributed by atoms with Crippen molar-refractivity contribution >= 4 is 17.6 Å². The van der Waals surface area contributed by atoms with Crippen LogP contribution in [-0.4, -0.2) is 84.9 Å². The van der Waals surface area contributed by atoms with Crippen LogP contribution in [0.1, 0.15) is 31.7 Å². The van der Waals surface area contributed by atoms with Crippen molar-refractivity contribution in [2.45, 2.75) is 56.6 Å². The first-order valence-electron chi connectivity index (χ1n) is 12.1. The van der Waals surface area contributed by atoms with E-state index in [1.165, 1.54) is 0 Å². The molecule has 2 unspecified atom stereocenters. The molecule has 1 aromatic rings. The second-order valence-corrected chi connectivity index (χ2v) is 9.44. The minimum atomic E-state index is -4.67. The second kappa shape index (κ2) is 11.0. The van der Waals surface area contributed by atoms with Crippen molar-refractivity contribution in [2.24, 2.45) is 5.92 Å². The molecule has 3 aliphatic rings. The molecule has 1 aromatic heterocycles. The van der Waals surface area contributed by atoms with E-state index in [0.29, 0.717) is 18.5 Å². The van der Waals surface area contributed by atoms with E-state index in [-0.39, 0.29) is 25.1 Å². The van der Waals surface area contributed by atoms with Crippen molar-refractivity contribution in [1.29, 1.82) is 5.26 Å². The zero-order valence-electron chi connectivity index (χ0n) is 19.9. The number of hydrogen-bond donors (Lipinski definition) is 3. The summed E-state index contributed by atoms with van der Waals surface area (Å²) in [7, 11) is 0. The molecule has 0 radical (unpaired) electrons. The summed E-state index contributed by atoms with van der Waals surface area (Å²) in [6, 6.07) is 4.08. The lowest BCUT2D eigenvalue weighted by Gasteiger charge is -2.37. The Morgan fingerprint density at radius 3 is 2.64 bits per heavy atom. The normalized spacial score (nSPS) is 26.6. The zero-order valence-corrected chi connectivity index (χ0v) is 19.9. The molecule has 3 aliphatic heterocycles. The first-order chi connectivity index (χ1) is 17.2. The van der Waals surface area contributed by atoms with Gasteiger partial charge in [0, 0.05) is 56.9 Å². The molecule has 3 saturated heterocycles. The Kier molecular flexibility index (Phi) is 7.97.